The lowest BCUT2D eigenvalue weighted by Gasteiger charge is -2.12. The quantitative estimate of drug-likeness (QED) is 0.611. The molecule has 1 aromatic heterocycles. The molecule has 122 valence electrons. The number of rotatable bonds is 4. The average molecular weight is 383 g/mol. The standard InChI is InChI=1S/C19H19BrN4/c1-12-8-9-15(11-16(12)20)22-18-10-14(3)21-19(24-18)23-17-7-5-4-6-13(17)2/h4-11H,1-3H3,(H2,21,22,23,24). The second-order valence-electron chi connectivity index (χ2n) is 5.75. The van der Waals surface area contributed by atoms with Gasteiger partial charge in [0.1, 0.15) is 5.82 Å². The Morgan fingerprint density at radius 3 is 2.38 bits per heavy atom. The molecule has 0 spiro atoms. The zero-order valence-corrected chi connectivity index (χ0v) is 15.5. The number of nitrogens with one attached hydrogen (secondary N) is 2. The Bertz CT molecular complexity index is 877. The molecule has 0 unspecified atom stereocenters. The molecule has 0 fully saturated rings. The predicted octanol–water partition coefficient (Wildman–Crippen LogP) is 5.65. The van der Waals surface area contributed by atoms with Gasteiger partial charge in [-0.1, -0.05) is 40.2 Å². The predicted molar refractivity (Wildman–Crippen MR) is 103 cm³/mol. The highest BCUT2D eigenvalue weighted by molar-refractivity contribution is 9.10. The molecule has 2 N–H and O–H groups in total. The Morgan fingerprint density at radius 2 is 1.62 bits per heavy atom. The molecule has 2 aromatic carbocycles. The molecular weight excluding hydrogens is 364 g/mol. The van der Waals surface area contributed by atoms with Gasteiger partial charge in [0.25, 0.3) is 0 Å². The summed E-state index contributed by atoms with van der Waals surface area (Å²) in [7, 11) is 0. The van der Waals surface area contributed by atoms with E-state index < -0.39 is 0 Å². The Hall–Kier alpha value is -2.40. The Labute approximate surface area is 150 Å². The van der Waals surface area contributed by atoms with Crippen molar-refractivity contribution in [1.82, 2.24) is 9.97 Å². The van der Waals surface area contributed by atoms with Gasteiger partial charge in [0.2, 0.25) is 5.95 Å². The second-order valence-corrected chi connectivity index (χ2v) is 6.60. The second kappa shape index (κ2) is 7.01. The van der Waals surface area contributed by atoms with Gasteiger partial charge in [-0.25, -0.2) is 4.98 Å². The van der Waals surface area contributed by atoms with Crippen LogP contribution in [-0.2, 0) is 0 Å². The maximum absolute atomic E-state index is 4.57. The molecule has 0 amide bonds. The van der Waals surface area contributed by atoms with E-state index in [0.717, 1.165) is 32.9 Å². The zero-order chi connectivity index (χ0) is 17.1. The minimum atomic E-state index is 0.581. The van der Waals surface area contributed by atoms with Gasteiger partial charge in [0.15, 0.2) is 0 Å². The van der Waals surface area contributed by atoms with Crippen LogP contribution >= 0.6 is 15.9 Å². The maximum Gasteiger partial charge on any atom is 0.229 e. The van der Waals surface area contributed by atoms with Crippen LogP contribution in [0.5, 0.6) is 0 Å². The molecule has 24 heavy (non-hydrogen) atoms. The maximum atomic E-state index is 4.57. The van der Waals surface area contributed by atoms with Gasteiger partial charge >= 0.3 is 0 Å². The molecule has 1 heterocycles. The van der Waals surface area contributed by atoms with Crippen LogP contribution in [0.3, 0.4) is 0 Å². The van der Waals surface area contributed by atoms with Gasteiger partial charge in [-0.05, 0) is 50.1 Å². The van der Waals surface area contributed by atoms with Crippen molar-refractivity contribution in [2.75, 3.05) is 10.6 Å². The molecule has 0 aliphatic carbocycles. The van der Waals surface area contributed by atoms with Crippen LogP contribution in [0.2, 0.25) is 0 Å². The molecule has 3 aromatic rings. The van der Waals surface area contributed by atoms with Crippen LogP contribution in [0.15, 0.2) is 53.0 Å². The number of aryl methyl sites for hydroxylation is 3. The fourth-order valence-electron chi connectivity index (χ4n) is 2.34. The minimum Gasteiger partial charge on any atom is -0.340 e. The summed E-state index contributed by atoms with van der Waals surface area (Å²) >= 11 is 3.56. The van der Waals surface area contributed by atoms with Crippen LogP contribution in [0.4, 0.5) is 23.1 Å². The van der Waals surface area contributed by atoms with Gasteiger partial charge < -0.3 is 10.6 Å². The number of benzene rings is 2. The first kappa shape index (κ1) is 16.5. The first-order valence-corrected chi connectivity index (χ1v) is 8.52. The molecular formula is C19H19BrN4. The van der Waals surface area contributed by atoms with E-state index in [2.05, 4.69) is 62.5 Å². The van der Waals surface area contributed by atoms with E-state index in [0.29, 0.717) is 5.95 Å². The van der Waals surface area contributed by atoms with Gasteiger partial charge in [-0.2, -0.15) is 4.98 Å². The van der Waals surface area contributed by atoms with E-state index in [9.17, 15) is 0 Å². The molecule has 0 radical (unpaired) electrons. The first-order valence-electron chi connectivity index (χ1n) is 7.73. The van der Waals surface area contributed by atoms with Crippen LogP contribution in [0.1, 0.15) is 16.8 Å². The van der Waals surface area contributed by atoms with Gasteiger partial charge in [-0.3, -0.25) is 0 Å². The van der Waals surface area contributed by atoms with Crippen LogP contribution in [-0.4, -0.2) is 9.97 Å². The lowest BCUT2D eigenvalue weighted by atomic mass is 10.2. The van der Waals surface area contributed by atoms with E-state index >= 15 is 0 Å². The van der Waals surface area contributed by atoms with E-state index in [4.69, 9.17) is 0 Å². The van der Waals surface area contributed by atoms with E-state index in [1.54, 1.807) is 0 Å². The van der Waals surface area contributed by atoms with Gasteiger partial charge in [0, 0.05) is 27.6 Å². The number of hydrogen-bond acceptors (Lipinski definition) is 4. The highest BCUT2D eigenvalue weighted by Gasteiger charge is 2.06. The Morgan fingerprint density at radius 1 is 0.833 bits per heavy atom. The molecule has 0 aliphatic rings. The number of nitrogens with zero attached hydrogens (tertiary/aromatic N) is 2. The topological polar surface area (TPSA) is 49.8 Å². The molecule has 0 atom stereocenters. The third-order valence-electron chi connectivity index (χ3n) is 3.69. The van der Waals surface area contributed by atoms with Crippen LogP contribution in [0.25, 0.3) is 0 Å². The summed E-state index contributed by atoms with van der Waals surface area (Å²) in [5.41, 5.74) is 5.23. The molecule has 5 heteroatoms. The zero-order valence-electron chi connectivity index (χ0n) is 13.9. The molecule has 0 saturated carbocycles. The van der Waals surface area contributed by atoms with Crippen molar-refractivity contribution in [3.63, 3.8) is 0 Å². The highest BCUT2D eigenvalue weighted by atomic mass is 79.9. The number of aromatic nitrogens is 2. The van der Waals surface area contributed by atoms with Crippen LogP contribution in [0, 0.1) is 20.8 Å². The summed E-state index contributed by atoms with van der Waals surface area (Å²) in [4.78, 5) is 9.04. The van der Waals surface area contributed by atoms with Crippen molar-refractivity contribution in [2.24, 2.45) is 0 Å². The monoisotopic (exact) mass is 382 g/mol. The minimum absolute atomic E-state index is 0.581. The number of anilines is 4. The van der Waals surface area contributed by atoms with Gasteiger partial charge in [-0.15, -0.1) is 0 Å². The Kier molecular flexibility index (Phi) is 4.81. The third-order valence-corrected chi connectivity index (χ3v) is 4.54. The summed E-state index contributed by atoms with van der Waals surface area (Å²) < 4.78 is 1.07. The van der Waals surface area contributed by atoms with E-state index in [1.807, 2.05) is 43.3 Å². The smallest absolute Gasteiger partial charge is 0.229 e. The highest BCUT2D eigenvalue weighted by Crippen LogP contribution is 2.24. The lowest BCUT2D eigenvalue weighted by molar-refractivity contribution is 1.10. The first-order chi connectivity index (χ1) is 11.5. The summed E-state index contributed by atoms with van der Waals surface area (Å²) in [6.07, 6.45) is 0. The average Bonchev–Trinajstić information content (AvgIpc) is 2.53. The van der Waals surface area contributed by atoms with Crippen molar-refractivity contribution in [3.05, 3.63) is 69.8 Å². The molecule has 4 nitrogen and oxygen atoms in total. The number of hydrogen-bond donors (Lipinski definition) is 2. The SMILES string of the molecule is Cc1cc(Nc2ccc(C)c(Br)c2)nc(Nc2ccccc2C)n1. The van der Waals surface area contributed by atoms with Crippen molar-refractivity contribution >= 4 is 39.1 Å². The fraction of sp³-hybridized carbons (Fsp3) is 0.158. The third kappa shape index (κ3) is 3.92. The molecule has 3 rings (SSSR count). The van der Waals surface area contributed by atoms with Crippen molar-refractivity contribution in [3.8, 4) is 0 Å². The number of para-hydroxylation sites is 1. The number of halogens is 1. The van der Waals surface area contributed by atoms with Crippen LogP contribution < -0.4 is 10.6 Å². The van der Waals surface area contributed by atoms with Gasteiger partial charge in [0.05, 0.1) is 0 Å². The molecule has 0 aliphatic heterocycles. The largest absolute Gasteiger partial charge is 0.340 e. The van der Waals surface area contributed by atoms with E-state index in [1.165, 1.54) is 5.56 Å². The lowest BCUT2D eigenvalue weighted by Crippen LogP contribution is -2.03. The summed E-state index contributed by atoms with van der Waals surface area (Å²) in [5.74, 6) is 1.34. The van der Waals surface area contributed by atoms with Crippen molar-refractivity contribution in [2.45, 2.75) is 20.8 Å². The fourth-order valence-corrected chi connectivity index (χ4v) is 2.72. The summed E-state index contributed by atoms with van der Waals surface area (Å²) in [5, 5.41) is 6.62. The van der Waals surface area contributed by atoms with E-state index in [-0.39, 0.29) is 0 Å². The van der Waals surface area contributed by atoms with Crippen molar-refractivity contribution < 1.29 is 0 Å². The molecule has 0 saturated heterocycles. The summed E-state index contributed by atoms with van der Waals surface area (Å²) in [6.45, 7) is 6.08. The Balaban J connectivity index is 1.86. The van der Waals surface area contributed by atoms with Crippen molar-refractivity contribution in [1.29, 1.82) is 0 Å². The summed E-state index contributed by atoms with van der Waals surface area (Å²) in [6, 6.07) is 16.2. The molecule has 0 bridgehead atoms. The normalized spacial score (nSPS) is 10.5.